The van der Waals surface area contributed by atoms with Crippen molar-refractivity contribution in [2.24, 2.45) is 0 Å². The van der Waals surface area contributed by atoms with Crippen LogP contribution in [0, 0.1) is 0 Å². The summed E-state index contributed by atoms with van der Waals surface area (Å²) in [6, 6.07) is 70.2. The van der Waals surface area contributed by atoms with Gasteiger partial charge in [-0.3, -0.25) is 0 Å². The van der Waals surface area contributed by atoms with Gasteiger partial charge in [0.25, 0.3) is 0 Å². The second-order valence-electron chi connectivity index (χ2n) is 16.7. The summed E-state index contributed by atoms with van der Waals surface area (Å²) < 4.78 is 68.3. The molecule has 310 valence electrons. The minimum absolute atomic E-state index is 0.0846. The first-order valence-electron chi connectivity index (χ1n) is 25.6. The summed E-state index contributed by atoms with van der Waals surface area (Å²) in [7, 11) is 0. The largest absolute Gasteiger partial charge is 0.310 e. The number of hydrogen-bond donors (Lipinski definition) is 0. The van der Waals surface area contributed by atoms with E-state index < -0.39 is 29.6 Å². The molecule has 66 heavy (non-hydrogen) atoms. The van der Waals surface area contributed by atoms with E-state index >= 15 is 0 Å². The third kappa shape index (κ3) is 5.94. The molecule has 3 heteroatoms. The van der Waals surface area contributed by atoms with E-state index in [-0.39, 0.29) is 34.5 Å². The average Bonchev–Trinajstić information content (AvgIpc) is 3.96. The first-order chi connectivity index (χ1) is 35.7. The summed E-state index contributed by atoms with van der Waals surface area (Å²) in [4.78, 5) is 4.50. The third-order valence-corrected chi connectivity index (χ3v) is 14.3. The zero-order valence-electron chi connectivity index (χ0n) is 42.5. The van der Waals surface area contributed by atoms with Crippen molar-refractivity contribution in [2.45, 2.75) is 5.41 Å². The molecule has 0 aliphatic heterocycles. The fraction of sp³-hybridized carbons (Fsp3) is 0.0159. The van der Waals surface area contributed by atoms with Crippen LogP contribution in [-0.2, 0) is 5.41 Å². The first-order valence-corrected chi connectivity index (χ1v) is 22.9. The van der Waals surface area contributed by atoms with Crippen LogP contribution >= 0.6 is 11.3 Å². The van der Waals surface area contributed by atoms with E-state index in [1.807, 2.05) is 72.8 Å². The molecule has 1 aliphatic carbocycles. The molecule has 1 atom stereocenters. The van der Waals surface area contributed by atoms with Gasteiger partial charge in [0.1, 0.15) is 0 Å². The molecule has 0 spiro atoms. The molecule has 13 rings (SSSR count). The summed E-state index contributed by atoms with van der Waals surface area (Å²) in [5, 5.41) is 4.03. The van der Waals surface area contributed by atoms with Gasteiger partial charge in [0.15, 0.2) is 0 Å². The molecule has 1 heterocycles. The van der Waals surface area contributed by atoms with Crippen LogP contribution in [-0.4, -0.2) is 0 Å². The van der Waals surface area contributed by atoms with E-state index in [1.165, 1.54) is 0 Å². The summed E-state index contributed by atoms with van der Waals surface area (Å²) in [5.41, 5.74) is 8.42. The SMILES string of the molecule is [2H]c1c([2H])c([2H])c2c([2H])c(C3(c4cccc5c4sc4ccccc45)c4ccc(N(c5ccccc5)c5ccccc5)cc4-c4cc(N(c5ccccc5)c5cccc6ccccc56)ccc43)c([2H])c([2H])c2c1[2H]. The van der Waals surface area contributed by atoms with Crippen LogP contribution in [0.5, 0.6) is 0 Å². The highest BCUT2D eigenvalue weighted by atomic mass is 32.1. The van der Waals surface area contributed by atoms with Gasteiger partial charge in [-0.15, -0.1) is 11.3 Å². The summed E-state index contributed by atoms with van der Waals surface area (Å²) in [6.45, 7) is 0. The molecule has 11 aromatic carbocycles. The molecule has 0 saturated carbocycles. The van der Waals surface area contributed by atoms with E-state index in [0.29, 0.717) is 0 Å². The lowest BCUT2D eigenvalue weighted by Gasteiger charge is -2.35. The third-order valence-electron chi connectivity index (χ3n) is 13.1. The van der Waals surface area contributed by atoms with Gasteiger partial charge >= 0.3 is 0 Å². The van der Waals surface area contributed by atoms with Crippen LogP contribution in [0.25, 0.3) is 52.8 Å². The molecule has 0 amide bonds. The van der Waals surface area contributed by atoms with Gasteiger partial charge in [0.05, 0.1) is 20.7 Å². The van der Waals surface area contributed by atoms with Crippen LogP contribution in [0.4, 0.5) is 34.1 Å². The van der Waals surface area contributed by atoms with Gasteiger partial charge in [-0.05, 0) is 128 Å². The molecule has 0 N–H and O–H groups in total. The quantitative estimate of drug-likeness (QED) is 0.150. The van der Waals surface area contributed by atoms with E-state index in [9.17, 15) is 5.48 Å². The maximum Gasteiger partial charge on any atom is 0.0727 e. The van der Waals surface area contributed by atoms with Crippen LogP contribution in [0.15, 0.2) is 255 Å². The Morgan fingerprint density at radius 3 is 1.62 bits per heavy atom. The Hall–Kier alpha value is -8.24. The molecular weight excluding hydrogens is 817 g/mol. The van der Waals surface area contributed by atoms with Crippen molar-refractivity contribution < 1.29 is 9.60 Å². The molecule has 1 unspecified atom stereocenters. The van der Waals surface area contributed by atoms with Crippen molar-refractivity contribution in [3.05, 3.63) is 277 Å². The van der Waals surface area contributed by atoms with Crippen LogP contribution in [0.2, 0.25) is 0 Å². The van der Waals surface area contributed by atoms with Gasteiger partial charge in [0, 0.05) is 54.0 Å². The average molecular weight is 866 g/mol. The Kier molecular flexibility index (Phi) is 7.41. The minimum Gasteiger partial charge on any atom is -0.310 e. The Balaban J connectivity index is 1.21. The zero-order valence-corrected chi connectivity index (χ0v) is 36.3. The number of hydrogen-bond acceptors (Lipinski definition) is 3. The molecule has 0 bridgehead atoms. The Morgan fingerprint density at radius 1 is 0.379 bits per heavy atom. The molecule has 1 aromatic heterocycles. The number of nitrogens with zero attached hydrogens (tertiary/aromatic N) is 2. The Labute approximate surface area is 398 Å². The maximum absolute atomic E-state index is 10.4. The van der Waals surface area contributed by atoms with Crippen molar-refractivity contribution in [1.82, 2.24) is 0 Å². The van der Waals surface area contributed by atoms with Gasteiger partial charge in [0.2, 0.25) is 0 Å². The molecule has 0 radical (unpaired) electrons. The number of anilines is 6. The van der Waals surface area contributed by atoms with Gasteiger partial charge < -0.3 is 9.80 Å². The molecule has 0 saturated heterocycles. The zero-order chi connectivity index (χ0) is 49.7. The predicted molar refractivity (Wildman–Crippen MR) is 281 cm³/mol. The standard InChI is InChI=1S/C63H42N2S/c1-4-22-47(23-5-1)64(48-24-6-2-7-25-48)50-36-38-57-55(41-50)56-42-51(65(49-26-8-3-9-27-49)60-32-16-21-44-19-12-13-28-52(44)60)37-39-58(56)63(57,46-35-34-43-18-10-11-20-45(43)40-46)59-31-17-30-54-53-29-14-15-33-61(53)66-62(54)59/h1-42H/i10D,11D,18D,20D,34D,35D,40D. The number of benzene rings is 11. The van der Waals surface area contributed by atoms with E-state index in [0.717, 1.165) is 92.9 Å². The monoisotopic (exact) mass is 865 g/mol. The van der Waals surface area contributed by atoms with Crippen molar-refractivity contribution in [2.75, 3.05) is 9.80 Å². The Morgan fingerprint density at radius 2 is 0.924 bits per heavy atom. The first kappa shape index (κ1) is 31.6. The highest BCUT2D eigenvalue weighted by molar-refractivity contribution is 7.26. The topological polar surface area (TPSA) is 6.48 Å². The fourth-order valence-electron chi connectivity index (χ4n) is 10.3. The lowest BCUT2D eigenvalue weighted by Crippen LogP contribution is -2.29. The van der Waals surface area contributed by atoms with Crippen LogP contribution in [0.1, 0.15) is 31.8 Å². The highest BCUT2D eigenvalue weighted by Gasteiger charge is 2.48. The lowest BCUT2D eigenvalue weighted by atomic mass is 9.67. The van der Waals surface area contributed by atoms with Crippen molar-refractivity contribution >= 4 is 87.2 Å². The second-order valence-corrected chi connectivity index (χ2v) is 17.7. The summed E-state index contributed by atoms with van der Waals surface area (Å²) in [6.07, 6.45) is 0. The molecule has 0 fully saturated rings. The smallest absolute Gasteiger partial charge is 0.0727 e. The van der Waals surface area contributed by atoms with Gasteiger partial charge in [-0.2, -0.15) is 0 Å². The number of fused-ring (bicyclic) bond motifs is 8. The molecular formula is C63H42N2S. The van der Waals surface area contributed by atoms with Crippen LogP contribution in [0.3, 0.4) is 0 Å². The fourth-order valence-corrected chi connectivity index (χ4v) is 11.6. The molecule has 1 aliphatic rings. The second kappa shape index (κ2) is 15.5. The lowest BCUT2D eigenvalue weighted by molar-refractivity contribution is 0.779. The highest BCUT2D eigenvalue weighted by Crippen LogP contribution is 2.60. The van der Waals surface area contributed by atoms with Crippen LogP contribution < -0.4 is 9.80 Å². The van der Waals surface area contributed by atoms with E-state index in [1.54, 1.807) is 11.3 Å². The van der Waals surface area contributed by atoms with Crippen molar-refractivity contribution in [1.29, 1.82) is 0 Å². The van der Waals surface area contributed by atoms with E-state index in [2.05, 4.69) is 149 Å². The summed E-state index contributed by atoms with van der Waals surface area (Å²) in [5.74, 6) is 0. The number of thiophene rings is 1. The maximum atomic E-state index is 10.4. The number of para-hydroxylation sites is 3. The van der Waals surface area contributed by atoms with Crippen molar-refractivity contribution in [3.8, 4) is 11.1 Å². The van der Waals surface area contributed by atoms with E-state index in [4.69, 9.17) is 4.11 Å². The predicted octanol–water partition coefficient (Wildman–Crippen LogP) is 17.7. The molecule has 12 aromatic rings. The van der Waals surface area contributed by atoms with Gasteiger partial charge in [-0.25, -0.2) is 0 Å². The molecule has 2 nitrogen and oxygen atoms in total. The minimum atomic E-state index is -1.46. The van der Waals surface area contributed by atoms with Crippen molar-refractivity contribution in [3.63, 3.8) is 0 Å². The van der Waals surface area contributed by atoms with Gasteiger partial charge in [-0.1, -0.05) is 176 Å². The Bertz CT molecular complexity index is 4160. The normalized spacial score (nSPS) is 15.6. The number of rotatable bonds is 8. The summed E-state index contributed by atoms with van der Waals surface area (Å²) >= 11 is 1.65.